The molecule has 1 aliphatic carbocycles. The molecule has 0 radical (unpaired) electrons. The molecule has 0 unspecified atom stereocenters. The molecule has 0 saturated heterocycles. The van der Waals surface area contributed by atoms with Crippen molar-refractivity contribution in [3.05, 3.63) is 64.5 Å². The van der Waals surface area contributed by atoms with Crippen LogP contribution in [0.15, 0.2) is 36.2 Å². The van der Waals surface area contributed by atoms with Gasteiger partial charge in [0.2, 0.25) is 0 Å². The van der Waals surface area contributed by atoms with Gasteiger partial charge in [0.1, 0.15) is 11.5 Å². The summed E-state index contributed by atoms with van der Waals surface area (Å²) in [7, 11) is 0. The van der Waals surface area contributed by atoms with E-state index in [0.717, 1.165) is 6.42 Å². The number of Topliss-reactive ketones (excluding diaryl/α,β-unsaturated/α-hetero) is 1. The molecule has 2 aliphatic rings. The molecule has 10 heteroatoms. The number of fused-ring (bicyclic) bond motifs is 1. The van der Waals surface area contributed by atoms with E-state index in [1.165, 1.54) is 30.5 Å². The smallest absolute Gasteiger partial charge is 0.293 e. The summed E-state index contributed by atoms with van der Waals surface area (Å²) in [5.74, 6) is 2.96. The predicted octanol–water partition coefficient (Wildman–Crippen LogP) is 1.23. The van der Waals surface area contributed by atoms with Crippen LogP contribution in [0.4, 0.5) is 10.1 Å². The average Bonchev–Trinajstić information content (AvgIpc) is 3.30. The Hall–Kier alpha value is -3.66. The Bertz CT molecular complexity index is 1130. The van der Waals surface area contributed by atoms with Gasteiger partial charge < -0.3 is 26.4 Å². The minimum atomic E-state index is -0.779. The molecule has 1 saturated carbocycles. The molecule has 1 fully saturated rings. The molecule has 9 nitrogen and oxygen atoms in total. The summed E-state index contributed by atoms with van der Waals surface area (Å²) in [6.07, 6.45) is 3.94. The number of benzene rings is 1. The number of aromatic nitrogens is 1. The lowest BCUT2D eigenvalue weighted by Crippen LogP contribution is -2.45. The minimum absolute atomic E-state index is 0.250. The van der Waals surface area contributed by atoms with Gasteiger partial charge in [-0.25, -0.2) is 4.39 Å². The largest absolute Gasteiger partial charge is 0.399 e. The number of nitrogens with one attached hydrogen (secondary N) is 3. The number of hydrogen-bond donors (Lipinski definition) is 5. The van der Waals surface area contributed by atoms with Crippen LogP contribution in [0.1, 0.15) is 51.4 Å². The number of rotatable bonds is 7. The second-order valence-electron chi connectivity index (χ2n) is 8.14. The van der Waals surface area contributed by atoms with Crippen LogP contribution in [0.25, 0.3) is 0 Å². The normalized spacial score (nSPS) is 16.3. The van der Waals surface area contributed by atoms with Crippen molar-refractivity contribution >= 4 is 23.3 Å². The van der Waals surface area contributed by atoms with Gasteiger partial charge in [-0.15, -0.1) is 0 Å². The molecule has 168 valence electrons. The topological polar surface area (TPSA) is 144 Å². The monoisotopic (exact) mass is 440 g/mol. The summed E-state index contributed by atoms with van der Waals surface area (Å²) in [4.78, 5) is 39.0. The number of hydrazine groups is 1. The van der Waals surface area contributed by atoms with Crippen LogP contribution in [0.2, 0.25) is 0 Å². The second kappa shape index (κ2) is 8.12. The molecule has 4 rings (SSSR count). The molecule has 1 aromatic carbocycles. The average molecular weight is 440 g/mol. The maximum atomic E-state index is 13.2. The highest BCUT2D eigenvalue weighted by Crippen LogP contribution is 2.40. The Morgan fingerprint density at radius 3 is 2.50 bits per heavy atom. The number of halogens is 1. The van der Waals surface area contributed by atoms with E-state index in [9.17, 15) is 18.8 Å². The fourth-order valence-corrected chi connectivity index (χ4v) is 4.26. The van der Waals surface area contributed by atoms with Gasteiger partial charge in [0.05, 0.1) is 16.8 Å². The molecule has 7 N–H and O–H groups in total. The van der Waals surface area contributed by atoms with Crippen molar-refractivity contribution in [3.8, 4) is 0 Å². The zero-order chi connectivity index (χ0) is 23.0. The summed E-state index contributed by atoms with van der Waals surface area (Å²) in [5, 5.41) is 5.46. The van der Waals surface area contributed by atoms with Crippen LogP contribution in [-0.2, 0) is 17.8 Å². The van der Waals surface area contributed by atoms with E-state index in [1.54, 1.807) is 11.5 Å². The van der Waals surface area contributed by atoms with Gasteiger partial charge in [0.15, 0.2) is 0 Å². The standard InChI is InChI=1S/C22H25FN6O3/c1-12-17(19(30)21(32)28-22(8-9-22)16(24)11-26-25)15-3-2-10-29(15)18(12)20(31)27-14-6-4-13(23)5-7-14/h4-7,11,26H,2-3,8-10,24-25H2,1H3,(H,27,31)(H,28,32)/b16-11-. The van der Waals surface area contributed by atoms with Crippen LogP contribution < -0.4 is 27.6 Å². The van der Waals surface area contributed by atoms with Gasteiger partial charge in [-0.1, -0.05) is 0 Å². The van der Waals surface area contributed by atoms with E-state index in [4.69, 9.17) is 11.6 Å². The van der Waals surface area contributed by atoms with Gasteiger partial charge in [0.25, 0.3) is 17.6 Å². The highest BCUT2D eigenvalue weighted by atomic mass is 19.1. The Morgan fingerprint density at radius 1 is 1.19 bits per heavy atom. The van der Waals surface area contributed by atoms with Crippen molar-refractivity contribution in [2.24, 2.45) is 11.6 Å². The Kier molecular flexibility index (Phi) is 5.47. The van der Waals surface area contributed by atoms with Crippen LogP contribution in [0, 0.1) is 12.7 Å². The van der Waals surface area contributed by atoms with Crippen molar-refractivity contribution in [1.29, 1.82) is 0 Å². The van der Waals surface area contributed by atoms with Gasteiger partial charge in [-0.3, -0.25) is 20.2 Å². The summed E-state index contributed by atoms with van der Waals surface area (Å²) in [6, 6.07) is 5.41. The molecule has 0 atom stereocenters. The number of nitrogens with two attached hydrogens (primary N) is 2. The van der Waals surface area contributed by atoms with E-state index in [2.05, 4.69) is 16.1 Å². The lowest BCUT2D eigenvalue weighted by Gasteiger charge is -2.17. The Morgan fingerprint density at radius 2 is 1.88 bits per heavy atom. The summed E-state index contributed by atoms with van der Waals surface area (Å²) < 4.78 is 14.9. The fourth-order valence-electron chi connectivity index (χ4n) is 4.26. The van der Waals surface area contributed by atoms with Crippen molar-refractivity contribution in [3.63, 3.8) is 0 Å². The highest BCUT2D eigenvalue weighted by molar-refractivity contribution is 6.44. The molecule has 0 spiro atoms. The van der Waals surface area contributed by atoms with Gasteiger partial charge in [-0.05, 0) is 62.4 Å². The Labute approximate surface area is 184 Å². The van der Waals surface area contributed by atoms with Crippen molar-refractivity contribution in [1.82, 2.24) is 15.3 Å². The third kappa shape index (κ3) is 3.73. The number of amides is 2. The first-order valence-corrected chi connectivity index (χ1v) is 10.4. The molecule has 2 amide bonds. The van der Waals surface area contributed by atoms with Crippen LogP contribution >= 0.6 is 0 Å². The molecule has 32 heavy (non-hydrogen) atoms. The van der Waals surface area contributed by atoms with Crippen LogP contribution in [0.5, 0.6) is 0 Å². The summed E-state index contributed by atoms with van der Waals surface area (Å²) >= 11 is 0. The lowest BCUT2D eigenvalue weighted by molar-refractivity contribution is -0.117. The number of hydrogen-bond acceptors (Lipinski definition) is 6. The van der Waals surface area contributed by atoms with Crippen molar-refractivity contribution in [2.45, 2.75) is 44.7 Å². The van der Waals surface area contributed by atoms with E-state index in [0.29, 0.717) is 54.1 Å². The third-order valence-electron chi connectivity index (χ3n) is 6.05. The maximum absolute atomic E-state index is 13.2. The molecular formula is C22H25FN6O3. The number of ketones is 1. The zero-order valence-electron chi connectivity index (χ0n) is 17.6. The predicted molar refractivity (Wildman–Crippen MR) is 116 cm³/mol. The number of carbonyl (C=O) groups excluding carboxylic acids is 3. The van der Waals surface area contributed by atoms with Crippen molar-refractivity contribution < 1.29 is 18.8 Å². The minimum Gasteiger partial charge on any atom is -0.399 e. The van der Waals surface area contributed by atoms with Gasteiger partial charge >= 0.3 is 0 Å². The first kappa shape index (κ1) is 21.6. The van der Waals surface area contributed by atoms with Gasteiger partial charge in [0, 0.05) is 24.1 Å². The first-order valence-electron chi connectivity index (χ1n) is 10.4. The van der Waals surface area contributed by atoms with E-state index in [-0.39, 0.29) is 5.56 Å². The molecule has 0 bridgehead atoms. The number of nitrogens with zero attached hydrogens (tertiary/aromatic N) is 1. The molecular weight excluding hydrogens is 415 g/mol. The number of carbonyl (C=O) groups is 3. The quantitative estimate of drug-likeness (QED) is 0.190. The fraction of sp³-hybridized carbons (Fsp3) is 0.318. The van der Waals surface area contributed by atoms with Crippen molar-refractivity contribution in [2.75, 3.05) is 5.32 Å². The highest BCUT2D eigenvalue weighted by Gasteiger charge is 2.48. The van der Waals surface area contributed by atoms with Gasteiger partial charge in [-0.2, -0.15) is 0 Å². The molecule has 1 aromatic heterocycles. The van der Waals surface area contributed by atoms with E-state index in [1.807, 2.05) is 0 Å². The second-order valence-corrected chi connectivity index (χ2v) is 8.14. The zero-order valence-corrected chi connectivity index (χ0v) is 17.6. The first-order chi connectivity index (χ1) is 15.3. The third-order valence-corrected chi connectivity index (χ3v) is 6.05. The van der Waals surface area contributed by atoms with Crippen LogP contribution in [0.3, 0.4) is 0 Å². The van der Waals surface area contributed by atoms with E-state index >= 15 is 0 Å². The Balaban J connectivity index is 1.61. The maximum Gasteiger partial charge on any atom is 0.293 e. The van der Waals surface area contributed by atoms with E-state index < -0.39 is 29.0 Å². The molecule has 1 aliphatic heterocycles. The number of anilines is 1. The van der Waals surface area contributed by atoms with Crippen LogP contribution in [-0.4, -0.2) is 27.7 Å². The molecule has 2 aromatic rings. The molecule has 2 heterocycles. The summed E-state index contributed by atoms with van der Waals surface area (Å²) in [6.45, 7) is 2.23. The summed E-state index contributed by atoms with van der Waals surface area (Å²) in [5.41, 5.74) is 9.99. The lowest BCUT2D eigenvalue weighted by atomic mass is 10.0. The SMILES string of the molecule is Cc1c(C(=O)C(=O)NC2(/C(N)=C/NN)CC2)c2n(c1C(=O)Nc1ccc(F)cc1)CCC2.